The predicted molar refractivity (Wildman–Crippen MR) is 159 cm³/mol. The quantitative estimate of drug-likeness (QED) is 0.414. The fourth-order valence-electron chi connectivity index (χ4n) is 6.27. The van der Waals surface area contributed by atoms with E-state index in [9.17, 15) is 9.59 Å². The first-order chi connectivity index (χ1) is 20.0. The van der Waals surface area contributed by atoms with Crippen LogP contribution in [-0.4, -0.2) is 66.0 Å². The summed E-state index contributed by atoms with van der Waals surface area (Å²) in [4.78, 5) is 37.4. The highest BCUT2D eigenvalue weighted by molar-refractivity contribution is 5.92. The number of benzene rings is 2. The van der Waals surface area contributed by atoms with E-state index in [2.05, 4.69) is 22.0 Å². The number of carbonyl (C=O) groups is 2. The zero-order valence-corrected chi connectivity index (χ0v) is 24.3. The molecular weight excluding hydrogens is 516 g/mol. The average molecular weight is 557 g/mol. The van der Waals surface area contributed by atoms with Crippen LogP contribution >= 0.6 is 0 Å². The van der Waals surface area contributed by atoms with Gasteiger partial charge in [-0.2, -0.15) is 0 Å². The summed E-state index contributed by atoms with van der Waals surface area (Å²) < 4.78 is 10.8. The summed E-state index contributed by atoms with van der Waals surface area (Å²) in [5, 5.41) is 0. The number of anilines is 1. The summed E-state index contributed by atoms with van der Waals surface area (Å²) in [7, 11) is 3.24. The van der Waals surface area contributed by atoms with Crippen LogP contribution in [0.15, 0.2) is 67.0 Å². The maximum Gasteiger partial charge on any atom is 0.223 e. The van der Waals surface area contributed by atoms with Crippen LogP contribution in [-0.2, 0) is 29.1 Å². The third kappa shape index (κ3) is 6.70. The van der Waals surface area contributed by atoms with Crippen molar-refractivity contribution in [1.29, 1.82) is 0 Å². The standard InChI is InChI=1S/C33H40N4O4/c1-24(38)36-19-16-28-10-11-29(37(28)21-26-14-17-34-18-15-26)23-35(22-27-6-4-5-7-30(27)36)33(39)13-9-25-8-12-31(40-2)32(20-25)41-3/h4-8,12,14-15,17-18,20,28-29H,9-11,13,16,19,21-23H2,1-3H3. The molecule has 1 fully saturated rings. The largest absolute Gasteiger partial charge is 0.493 e. The number of aromatic nitrogens is 1. The van der Waals surface area contributed by atoms with Crippen molar-refractivity contribution in [2.45, 2.75) is 64.2 Å². The summed E-state index contributed by atoms with van der Waals surface area (Å²) in [6.07, 6.45) is 7.62. The van der Waals surface area contributed by atoms with Crippen LogP contribution in [0.4, 0.5) is 5.69 Å². The van der Waals surface area contributed by atoms with Crippen LogP contribution in [0.2, 0.25) is 0 Å². The number of carbonyl (C=O) groups excluding carboxylic acids is 2. The minimum atomic E-state index is 0.0262. The van der Waals surface area contributed by atoms with E-state index < -0.39 is 0 Å². The number of para-hydroxylation sites is 1. The number of hydrogen-bond donors (Lipinski definition) is 0. The molecule has 2 atom stereocenters. The minimum absolute atomic E-state index is 0.0262. The first-order valence-corrected chi connectivity index (χ1v) is 14.5. The number of methoxy groups -OCH3 is 2. The summed E-state index contributed by atoms with van der Waals surface area (Å²) in [5.74, 6) is 1.47. The molecule has 2 aliphatic heterocycles. The highest BCUT2D eigenvalue weighted by Gasteiger charge is 2.36. The predicted octanol–water partition coefficient (Wildman–Crippen LogP) is 4.85. The van der Waals surface area contributed by atoms with Crippen molar-refractivity contribution >= 4 is 17.5 Å². The third-order valence-electron chi connectivity index (χ3n) is 8.45. The van der Waals surface area contributed by atoms with Crippen LogP contribution in [0.5, 0.6) is 11.5 Å². The topological polar surface area (TPSA) is 75.2 Å². The maximum atomic E-state index is 13.9. The molecule has 0 N–H and O–H groups in total. The smallest absolute Gasteiger partial charge is 0.223 e. The summed E-state index contributed by atoms with van der Waals surface area (Å²) >= 11 is 0. The number of pyridine rings is 1. The molecule has 0 aliphatic carbocycles. The van der Waals surface area contributed by atoms with E-state index in [1.54, 1.807) is 21.1 Å². The van der Waals surface area contributed by atoms with Gasteiger partial charge in [0.05, 0.1) is 14.2 Å². The second-order valence-electron chi connectivity index (χ2n) is 11.0. The van der Waals surface area contributed by atoms with Crippen molar-refractivity contribution in [3.05, 3.63) is 83.7 Å². The highest BCUT2D eigenvalue weighted by Crippen LogP contribution is 2.33. The van der Waals surface area contributed by atoms with E-state index in [0.717, 1.165) is 42.6 Å². The van der Waals surface area contributed by atoms with Crippen LogP contribution in [0.25, 0.3) is 0 Å². The Labute approximate surface area is 242 Å². The lowest BCUT2D eigenvalue weighted by molar-refractivity contribution is -0.132. The van der Waals surface area contributed by atoms with Crippen molar-refractivity contribution in [2.24, 2.45) is 0 Å². The Balaban J connectivity index is 1.43. The molecule has 3 aromatic rings. The van der Waals surface area contributed by atoms with Gasteiger partial charge >= 0.3 is 0 Å². The zero-order chi connectivity index (χ0) is 28.8. The van der Waals surface area contributed by atoms with E-state index in [-0.39, 0.29) is 17.9 Å². The van der Waals surface area contributed by atoms with Gasteiger partial charge in [0, 0.05) is 69.7 Å². The molecule has 8 nitrogen and oxygen atoms in total. The van der Waals surface area contributed by atoms with E-state index in [1.165, 1.54) is 5.56 Å². The number of amides is 2. The zero-order valence-electron chi connectivity index (χ0n) is 24.3. The molecule has 0 saturated carbocycles. The molecule has 1 aromatic heterocycles. The lowest BCUT2D eigenvalue weighted by atomic mass is 10.1. The molecular formula is C33H40N4O4. The molecule has 2 unspecified atom stereocenters. The maximum absolute atomic E-state index is 13.9. The van der Waals surface area contributed by atoms with Gasteiger partial charge in [0.15, 0.2) is 11.5 Å². The molecule has 5 rings (SSSR count). The molecule has 3 heterocycles. The molecule has 2 bridgehead atoms. The molecule has 1 saturated heterocycles. The lowest BCUT2D eigenvalue weighted by Gasteiger charge is -2.34. The van der Waals surface area contributed by atoms with E-state index in [4.69, 9.17) is 9.47 Å². The normalized spacial score (nSPS) is 19.3. The SMILES string of the molecule is COc1ccc(CCC(=O)N2Cc3ccccc3N(C(C)=O)CCC3CCC(C2)N3Cc2ccncc2)cc1OC. The summed E-state index contributed by atoms with van der Waals surface area (Å²) in [6.45, 7) is 4.22. The van der Waals surface area contributed by atoms with Gasteiger partial charge in [-0.05, 0) is 72.7 Å². The summed E-state index contributed by atoms with van der Waals surface area (Å²) in [5.41, 5.74) is 4.14. The van der Waals surface area contributed by atoms with E-state index >= 15 is 0 Å². The lowest BCUT2D eigenvalue weighted by Crippen LogP contribution is -2.45. The molecule has 0 radical (unpaired) electrons. The van der Waals surface area contributed by atoms with Gasteiger partial charge in [-0.25, -0.2) is 0 Å². The fourth-order valence-corrected chi connectivity index (χ4v) is 6.27. The number of aryl methyl sites for hydroxylation is 1. The van der Waals surface area contributed by atoms with Crippen molar-refractivity contribution in [1.82, 2.24) is 14.8 Å². The van der Waals surface area contributed by atoms with Crippen molar-refractivity contribution in [2.75, 3.05) is 32.2 Å². The van der Waals surface area contributed by atoms with Gasteiger partial charge < -0.3 is 19.3 Å². The molecule has 41 heavy (non-hydrogen) atoms. The molecule has 2 aromatic carbocycles. The van der Waals surface area contributed by atoms with Gasteiger partial charge in [0.25, 0.3) is 0 Å². The van der Waals surface area contributed by atoms with Gasteiger partial charge in [0.2, 0.25) is 11.8 Å². The number of rotatable bonds is 7. The second-order valence-corrected chi connectivity index (χ2v) is 11.0. The number of nitrogens with zero attached hydrogens (tertiary/aromatic N) is 4. The van der Waals surface area contributed by atoms with Gasteiger partial charge in [-0.15, -0.1) is 0 Å². The Hall–Kier alpha value is -3.91. The van der Waals surface area contributed by atoms with Crippen LogP contribution in [0, 0.1) is 0 Å². The van der Waals surface area contributed by atoms with E-state index in [1.807, 2.05) is 64.7 Å². The first-order valence-electron chi connectivity index (χ1n) is 14.5. The van der Waals surface area contributed by atoms with Crippen molar-refractivity contribution in [3.63, 3.8) is 0 Å². The fraction of sp³-hybridized carbons (Fsp3) is 0.424. The number of fused-ring (bicyclic) bond motifs is 3. The Bertz CT molecular complexity index is 1350. The molecule has 0 spiro atoms. The molecule has 216 valence electrons. The molecule has 8 heteroatoms. The van der Waals surface area contributed by atoms with Crippen molar-refractivity contribution < 1.29 is 19.1 Å². The Morgan fingerprint density at radius 1 is 0.902 bits per heavy atom. The number of ether oxygens (including phenoxy) is 2. The van der Waals surface area contributed by atoms with Gasteiger partial charge in [-0.1, -0.05) is 24.3 Å². The van der Waals surface area contributed by atoms with Crippen LogP contribution in [0.1, 0.15) is 49.3 Å². The van der Waals surface area contributed by atoms with Gasteiger partial charge in [0.1, 0.15) is 0 Å². The monoisotopic (exact) mass is 556 g/mol. The van der Waals surface area contributed by atoms with Crippen LogP contribution in [0.3, 0.4) is 0 Å². The van der Waals surface area contributed by atoms with Crippen LogP contribution < -0.4 is 14.4 Å². The van der Waals surface area contributed by atoms with Crippen molar-refractivity contribution in [3.8, 4) is 11.5 Å². The average Bonchev–Trinajstić information content (AvgIpc) is 3.35. The minimum Gasteiger partial charge on any atom is -0.493 e. The first kappa shape index (κ1) is 28.6. The Morgan fingerprint density at radius 3 is 2.41 bits per heavy atom. The van der Waals surface area contributed by atoms with E-state index in [0.29, 0.717) is 50.0 Å². The van der Waals surface area contributed by atoms with Gasteiger partial charge in [-0.3, -0.25) is 19.5 Å². The second kappa shape index (κ2) is 13.2. The number of hydrogen-bond acceptors (Lipinski definition) is 6. The Morgan fingerprint density at radius 2 is 1.66 bits per heavy atom. The molecule has 2 aliphatic rings. The Kier molecular flexibility index (Phi) is 9.19. The highest BCUT2D eigenvalue weighted by atomic mass is 16.5. The molecule has 2 amide bonds. The summed E-state index contributed by atoms with van der Waals surface area (Å²) in [6, 6.07) is 18.5. The third-order valence-corrected chi connectivity index (χ3v) is 8.45.